The summed E-state index contributed by atoms with van der Waals surface area (Å²) >= 11 is 6.30. The van der Waals surface area contributed by atoms with E-state index in [2.05, 4.69) is 36.0 Å². The molecular weight excluding hydrogens is 282 g/mol. The second-order valence-electron chi connectivity index (χ2n) is 7.15. The Morgan fingerprint density at radius 1 is 1.29 bits per heavy atom. The van der Waals surface area contributed by atoms with Crippen molar-refractivity contribution in [1.29, 1.82) is 0 Å². The summed E-state index contributed by atoms with van der Waals surface area (Å²) in [7, 11) is 1.89. The molecule has 118 valence electrons. The summed E-state index contributed by atoms with van der Waals surface area (Å²) in [6.45, 7) is 10.2. The highest BCUT2D eigenvalue weighted by Gasteiger charge is 2.27. The van der Waals surface area contributed by atoms with E-state index in [1.807, 2.05) is 19.2 Å². The Morgan fingerprint density at radius 3 is 2.71 bits per heavy atom. The Hall–Kier alpha value is -0.800. The van der Waals surface area contributed by atoms with Crippen LogP contribution in [0, 0.1) is 11.3 Å². The van der Waals surface area contributed by atoms with Gasteiger partial charge in [-0.05, 0) is 55.8 Å². The molecule has 0 saturated carbocycles. The van der Waals surface area contributed by atoms with Crippen LogP contribution in [-0.4, -0.2) is 30.0 Å². The van der Waals surface area contributed by atoms with E-state index in [0.29, 0.717) is 5.41 Å². The highest BCUT2D eigenvalue weighted by molar-refractivity contribution is 6.31. The number of pyridine rings is 1. The quantitative estimate of drug-likeness (QED) is 0.895. The van der Waals surface area contributed by atoms with Crippen LogP contribution in [0.5, 0.6) is 0 Å². The number of nitrogens with one attached hydrogen (secondary N) is 1. The van der Waals surface area contributed by atoms with E-state index in [1.54, 1.807) is 0 Å². The van der Waals surface area contributed by atoms with Crippen molar-refractivity contribution in [2.24, 2.45) is 11.3 Å². The Kier molecular flexibility index (Phi) is 5.50. The first kappa shape index (κ1) is 16.6. The van der Waals surface area contributed by atoms with Crippen molar-refractivity contribution >= 4 is 17.4 Å². The first-order valence-electron chi connectivity index (χ1n) is 7.95. The van der Waals surface area contributed by atoms with E-state index in [1.165, 1.54) is 19.3 Å². The minimum absolute atomic E-state index is 0.415. The van der Waals surface area contributed by atoms with E-state index in [-0.39, 0.29) is 0 Å². The number of aromatic nitrogens is 1. The summed E-state index contributed by atoms with van der Waals surface area (Å²) in [6.07, 6.45) is 3.87. The van der Waals surface area contributed by atoms with Gasteiger partial charge in [-0.15, -0.1) is 0 Å². The topological polar surface area (TPSA) is 28.2 Å². The number of nitrogens with zero attached hydrogens (tertiary/aromatic N) is 2. The number of anilines is 1. The SMILES string of the molecule is CNc1ccc(Cl)c(CN2CCCC(C(C)(C)C)CC2)n1. The van der Waals surface area contributed by atoms with Crippen molar-refractivity contribution < 1.29 is 0 Å². The summed E-state index contributed by atoms with van der Waals surface area (Å²) in [5.41, 5.74) is 1.40. The molecule has 21 heavy (non-hydrogen) atoms. The number of likely N-dealkylation sites (tertiary alicyclic amines) is 1. The van der Waals surface area contributed by atoms with Gasteiger partial charge in [-0.2, -0.15) is 0 Å². The fourth-order valence-corrected chi connectivity index (χ4v) is 3.29. The summed E-state index contributed by atoms with van der Waals surface area (Å²) < 4.78 is 0. The minimum Gasteiger partial charge on any atom is -0.373 e. The molecule has 1 aliphatic rings. The van der Waals surface area contributed by atoms with E-state index >= 15 is 0 Å². The maximum Gasteiger partial charge on any atom is 0.126 e. The molecule has 0 aliphatic carbocycles. The van der Waals surface area contributed by atoms with Crippen LogP contribution in [0.15, 0.2) is 12.1 Å². The van der Waals surface area contributed by atoms with E-state index in [4.69, 9.17) is 11.6 Å². The molecule has 1 aromatic rings. The molecule has 0 radical (unpaired) electrons. The molecule has 0 spiro atoms. The molecule has 2 heterocycles. The van der Waals surface area contributed by atoms with Gasteiger partial charge in [-0.25, -0.2) is 4.98 Å². The van der Waals surface area contributed by atoms with Gasteiger partial charge in [0.2, 0.25) is 0 Å². The van der Waals surface area contributed by atoms with Gasteiger partial charge in [0, 0.05) is 13.6 Å². The van der Waals surface area contributed by atoms with Gasteiger partial charge in [0.1, 0.15) is 5.82 Å². The molecule has 1 saturated heterocycles. The lowest BCUT2D eigenvalue weighted by molar-refractivity contribution is 0.206. The van der Waals surface area contributed by atoms with Crippen molar-refractivity contribution in [2.75, 3.05) is 25.5 Å². The molecule has 0 bridgehead atoms. The molecule has 1 aromatic heterocycles. The second kappa shape index (κ2) is 6.97. The van der Waals surface area contributed by atoms with Crippen LogP contribution in [0.4, 0.5) is 5.82 Å². The second-order valence-corrected chi connectivity index (χ2v) is 7.55. The van der Waals surface area contributed by atoms with Crippen LogP contribution in [0.1, 0.15) is 45.7 Å². The number of hydrogen-bond donors (Lipinski definition) is 1. The maximum absolute atomic E-state index is 6.30. The van der Waals surface area contributed by atoms with Gasteiger partial charge in [-0.3, -0.25) is 4.90 Å². The standard InChI is InChI=1S/C17H28ClN3/c1-17(2,3)13-6-5-10-21(11-9-13)12-15-14(18)7-8-16(19-4)20-15/h7-8,13H,5-6,9-12H2,1-4H3,(H,19,20). The molecule has 0 aromatic carbocycles. The zero-order valence-corrected chi connectivity index (χ0v) is 14.5. The smallest absolute Gasteiger partial charge is 0.126 e. The van der Waals surface area contributed by atoms with Crippen LogP contribution < -0.4 is 5.32 Å². The average molecular weight is 310 g/mol. The Labute approximate surface area is 134 Å². The zero-order valence-electron chi connectivity index (χ0n) is 13.7. The molecule has 1 N–H and O–H groups in total. The zero-order chi connectivity index (χ0) is 15.5. The predicted octanol–water partition coefficient (Wildman–Crippen LogP) is 4.42. The molecule has 1 aliphatic heterocycles. The normalized spacial score (nSPS) is 21.1. The van der Waals surface area contributed by atoms with Crippen LogP contribution >= 0.6 is 11.6 Å². The van der Waals surface area contributed by atoms with Crippen molar-refractivity contribution in [3.05, 3.63) is 22.8 Å². The largest absolute Gasteiger partial charge is 0.373 e. The van der Waals surface area contributed by atoms with Gasteiger partial charge >= 0.3 is 0 Å². The predicted molar refractivity (Wildman–Crippen MR) is 90.9 cm³/mol. The molecular formula is C17H28ClN3. The van der Waals surface area contributed by atoms with E-state index in [9.17, 15) is 0 Å². The molecule has 2 rings (SSSR count). The number of halogens is 1. The molecule has 1 fully saturated rings. The molecule has 0 amide bonds. The van der Waals surface area contributed by atoms with Crippen molar-refractivity contribution in [3.63, 3.8) is 0 Å². The third kappa shape index (κ3) is 4.58. The summed E-state index contributed by atoms with van der Waals surface area (Å²) in [4.78, 5) is 7.10. The monoisotopic (exact) mass is 309 g/mol. The average Bonchev–Trinajstić information content (AvgIpc) is 2.66. The van der Waals surface area contributed by atoms with Gasteiger partial charge in [0.25, 0.3) is 0 Å². The highest BCUT2D eigenvalue weighted by Crippen LogP contribution is 2.34. The molecule has 4 heteroatoms. The van der Waals surface area contributed by atoms with Gasteiger partial charge in [0.05, 0.1) is 10.7 Å². The molecule has 1 unspecified atom stereocenters. The third-order valence-corrected chi connectivity index (χ3v) is 4.94. The van der Waals surface area contributed by atoms with Crippen LogP contribution in [0.2, 0.25) is 5.02 Å². The maximum atomic E-state index is 6.30. The number of hydrogen-bond acceptors (Lipinski definition) is 3. The Bertz CT molecular complexity index is 468. The van der Waals surface area contributed by atoms with E-state index in [0.717, 1.165) is 42.1 Å². The fraction of sp³-hybridized carbons (Fsp3) is 0.706. The van der Waals surface area contributed by atoms with Gasteiger partial charge in [-0.1, -0.05) is 32.4 Å². The van der Waals surface area contributed by atoms with E-state index < -0.39 is 0 Å². The first-order valence-corrected chi connectivity index (χ1v) is 8.33. The van der Waals surface area contributed by atoms with Crippen LogP contribution in [0.25, 0.3) is 0 Å². The molecule has 3 nitrogen and oxygen atoms in total. The van der Waals surface area contributed by atoms with Gasteiger partial charge < -0.3 is 5.32 Å². The highest BCUT2D eigenvalue weighted by atomic mass is 35.5. The lowest BCUT2D eigenvalue weighted by Gasteiger charge is -2.29. The minimum atomic E-state index is 0.415. The third-order valence-electron chi connectivity index (χ3n) is 4.59. The first-order chi connectivity index (χ1) is 9.90. The fourth-order valence-electron chi connectivity index (χ4n) is 3.13. The van der Waals surface area contributed by atoms with Crippen molar-refractivity contribution in [2.45, 2.75) is 46.6 Å². The number of rotatable bonds is 3. The van der Waals surface area contributed by atoms with Crippen LogP contribution in [0.3, 0.4) is 0 Å². The summed E-state index contributed by atoms with van der Waals surface area (Å²) in [6, 6.07) is 3.86. The Morgan fingerprint density at radius 2 is 2.05 bits per heavy atom. The lowest BCUT2D eigenvalue weighted by Crippen LogP contribution is -2.26. The van der Waals surface area contributed by atoms with Crippen molar-refractivity contribution in [3.8, 4) is 0 Å². The van der Waals surface area contributed by atoms with Crippen molar-refractivity contribution in [1.82, 2.24) is 9.88 Å². The Balaban J connectivity index is 2.01. The summed E-state index contributed by atoms with van der Waals surface area (Å²) in [5, 5.41) is 3.85. The lowest BCUT2D eigenvalue weighted by atomic mass is 9.77. The molecule has 1 atom stereocenters. The summed E-state index contributed by atoms with van der Waals surface area (Å²) in [5.74, 6) is 1.70. The van der Waals surface area contributed by atoms with Gasteiger partial charge in [0.15, 0.2) is 0 Å². The van der Waals surface area contributed by atoms with Crippen LogP contribution in [-0.2, 0) is 6.54 Å².